The fourth-order valence-electron chi connectivity index (χ4n) is 2.21. The van der Waals surface area contributed by atoms with E-state index in [4.69, 9.17) is 4.74 Å². The number of thioether (sulfide) groups is 1. The highest BCUT2D eigenvalue weighted by Gasteiger charge is 2.17. The fraction of sp³-hybridized carbons (Fsp3) is 0.600. The summed E-state index contributed by atoms with van der Waals surface area (Å²) in [6.07, 6.45) is 1.23. The summed E-state index contributed by atoms with van der Waals surface area (Å²) >= 11 is 1.99. The van der Waals surface area contributed by atoms with Crippen LogP contribution in [0.5, 0.6) is 5.75 Å². The second-order valence-corrected chi connectivity index (χ2v) is 5.76. The monoisotopic (exact) mass is 267 g/mol. The lowest BCUT2D eigenvalue weighted by atomic mass is 9.99. The van der Waals surface area contributed by atoms with Crippen molar-refractivity contribution in [3.05, 3.63) is 28.8 Å². The SMILES string of the molecule is CCCSCC(NC)c1c(C)cc(C)cc1OC. The average Bonchev–Trinajstić information content (AvgIpc) is 2.35. The molecule has 0 fully saturated rings. The van der Waals surface area contributed by atoms with Gasteiger partial charge in [-0.15, -0.1) is 0 Å². The van der Waals surface area contributed by atoms with Crippen LogP contribution in [0.4, 0.5) is 0 Å². The van der Waals surface area contributed by atoms with Crippen LogP contribution in [-0.4, -0.2) is 25.7 Å². The molecule has 1 N–H and O–H groups in total. The predicted octanol–water partition coefficient (Wildman–Crippen LogP) is 3.72. The molecule has 0 amide bonds. The molecule has 0 saturated carbocycles. The summed E-state index contributed by atoms with van der Waals surface area (Å²) < 4.78 is 5.55. The molecule has 0 bridgehead atoms. The van der Waals surface area contributed by atoms with E-state index in [1.807, 2.05) is 18.8 Å². The van der Waals surface area contributed by atoms with Crippen LogP contribution in [-0.2, 0) is 0 Å². The van der Waals surface area contributed by atoms with Crippen molar-refractivity contribution in [3.63, 3.8) is 0 Å². The van der Waals surface area contributed by atoms with Gasteiger partial charge in [-0.3, -0.25) is 0 Å². The molecule has 1 unspecified atom stereocenters. The van der Waals surface area contributed by atoms with Gasteiger partial charge in [0.15, 0.2) is 0 Å². The Labute approximate surface area is 116 Å². The summed E-state index contributed by atoms with van der Waals surface area (Å²) in [7, 11) is 3.78. The van der Waals surface area contributed by atoms with Crippen LogP contribution in [0.25, 0.3) is 0 Å². The maximum Gasteiger partial charge on any atom is 0.124 e. The lowest BCUT2D eigenvalue weighted by Gasteiger charge is -2.22. The third kappa shape index (κ3) is 3.92. The number of hydrogen-bond acceptors (Lipinski definition) is 3. The summed E-state index contributed by atoms with van der Waals surface area (Å²) in [6, 6.07) is 4.71. The highest BCUT2D eigenvalue weighted by molar-refractivity contribution is 7.99. The Balaban J connectivity index is 2.96. The van der Waals surface area contributed by atoms with Crippen molar-refractivity contribution in [2.75, 3.05) is 25.7 Å². The number of aryl methyl sites for hydroxylation is 2. The molecule has 18 heavy (non-hydrogen) atoms. The highest BCUT2D eigenvalue weighted by atomic mass is 32.2. The van der Waals surface area contributed by atoms with Gasteiger partial charge in [0.1, 0.15) is 5.75 Å². The van der Waals surface area contributed by atoms with Crippen molar-refractivity contribution < 1.29 is 4.74 Å². The summed E-state index contributed by atoms with van der Waals surface area (Å²) in [5.74, 6) is 3.31. The van der Waals surface area contributed by atoms with E-state index in [1.165, 1.54) is 28.9 Å². The Morgan fingerprint density at radius 3 is 2.61 bits per heavy atom. The Hall–Kier alpha value is -0.670. The topological polar surface area (TPSA) is 21.3 Å². The first kappa shape index (κ1) is 15.4. The van der Waals surface area contributed by atoms with Crippen LogP contribution in [0, 0.1) is 13.8 Å². The second kappa shape index (κ2) is 7.70. The summed E-state index contributed by atoms with van der Waals surface area (Å²) in [4.78, 5) is 0. The average molecular weight is 267 g/mol. The predicted molar refractivity (Wildman–Crippen MR) is 81.9 cm³/mol. The third-order valence-corrected chi connectivity index (χ3v) is 4.31. The zero-order valence-corrected chi connectivity index (χ0v) is 13.0. The molecule has 0 heterocycles. The van der Waals surface area contributed by atoms with E-state index in [2.05, 4.69) is 38.2 Å². The van der Waals surface area contributed by atoms with Crippen molar-refractivity contribution in [1.82, 2.24) is 5.32 Å². The van der Waals surface area contributed by atoms with E-state index in [0.29, 0.717) is 6.04 Å². The molecule has 1 atom stereocenters. The van der Waals surface area contributed by atoms with Gasteiger partial charge in [0.2, 0.25) is 0 Å². The first-order valence-electron chi connectivity index (χ1n) is 6.54. The van der Waals surface area contributed by atoms with E-state index in [0.717, 1.165) is 11.5 Å². The second-order valence-electron chi connectivity index (χ2n) is 4.61. The number of nitrogens with one attached hydrogen (secondary N) is 1. The Bertz CT molecular complexity index is 379. The Kier molecular flexibility index (Phi) is 6.58. The van der Waals surface area contributed by atoms with E-state index in [1.54, 1.807) is 7.11 Å². The molecule has 1 rings (SSSR count). The van der Waals surface area contributed by atoms with Gasteiger partial charge in [-0.1, -0.05) is 13.0 Å². The summed E-state index contributed by atoms with van der Waals surface area (Å²) in [5.41, 5.74) is 3.86. The first-order valence-corrected chi connectivity index (χ1v) is 7.69. The van der Waals surface area contributed by atoms with Crippen LogP contribution in [0.3, 0.4) is 0 Å². The molecular weight excluding hydrogens is 242 g/mol. The molecule has 0 aliphatic heterocycles. The van der Waals surface area contributed by atoms with Crippen molar-refractivity contribution in [1.29, 1.82) is 0 Å². The quantitative estimate of drug-likeness (QED) is 0.761. The number of rotatable bonds is 7. The van der Waals surface area contributed by atoms with Crippen molar-refractivity contribution >= 4 is 11.8 Å². The molecular formula is C15H25NOS. The minimum Gasteiger partial charge on any atom is -0.496 e. The van der Waals surface area contributed by atoms with Gasteiger partial charge in [-0.25, -0.2) is 0 Å². The van der Waals surface area contributed by atoms with Gasteiger partial charge in [0, 0.05) is 17.4 Å². The van der Waals surface area contributed by atoms with Crippen molar-refractivity contribution in [2.45, 2.75) is 33.2 Å². The molecule has 0 aliphatic carbocycles. The zero-order chi connectivity index (χ0) is 13.5. The maximum absolute atomic E-state index is 5.55. The maximum atomic E-state index is 5.55. The first-order chi connectivity index (χ1) is 8.63. The molecule has 0 radical (unpaired) electrons. The van der Waals surface area contributed by atoms with Crippen molar-refractivity contribution in [3.8, 4) is 5.75 Å². The Morgan fingerprint density at radius 1 is 1.33 bits per heavy atom. The van der Waals surface area contributed by atoms with Gasteiger partial charge in [-0.2, -0.15) is 11.8 Å². The van der Waals surface area contributed by atoms with Crippen molar-refractivity contribution in [2.24, 2.45) is 0 Å². The molecule has 1 aromatic rings. The molecule has 0 aromatic heterocycles. The van der Waals surface area contributed by atoms with Gasteiger partial charge < -0.3 is 10.1 Å². The summed E-state index contributed by atoms with van der Waals surface area (Å²) in [6.45, 7) is 6.50. The molecule has 3 heteroatoms. The number of benzene rings is 1. The lowest BCUT2D eigenvalue weighted by Crippen LogP contribution is -2.21. The number of ether oxygens (including phenoxy) is 1. The molecule has 0 spiro atoms. The van der Waals surface area contributed by atoms with Crippen LogP contribution >= 0.6 is 11.8 Å². The minimum absolute atomic E-state index is 0.358. The van der Waals surface area contributed by atoms with E-state index in [9.17, 15) is 0 Å². The molecule has 1 aromatic carbocycles. The molecule has 0 saturated heterocycles. The number of methoxy groups -OCH3 is 1. The zero-order valence-electron chi connectivity index (χ0n) is 12.2. The van der Waals surface area contributed by atoms with E-state index in [-0.39, 0.29) is 0 Å². The normalized spacial score (nSPS) is 12.5. The van der Waals surface area contributed by atoms with E-state index >= 15 is 0 Å². The van der Waals surface area contributed by atoms with Gasteiger partial charge in [0.25, 0.3) is 0 Å². The van der Waals surface area contributed by atoms with Crippen LogP contribution in [0.2, 0.25) is 0 Å². The molecule has 102 valence electrons. The van der Waals surface area contributed by atoms with Crippen LogP contribution in [0.15, 0.2) is 12.1 Å². The Morgan fingerprint density at radius 2 is 2.06 bits per heavy atom. The smallest absolute Gasteiger partial charge is 0.124 e. The lowest BCUT2D eigenvalue weighted by molar-refractivity contribution is 0.403. The standard InChI is InChI=1S/C15H25NOS/c1-6-7-18-10-13(16-4)15-12(3)8-11(2)9-14(15)17-5/h8-9,13,16H,6-7,10H2,1-5H3. The third-order valence-electron chi connectivity index (χ3n) is 3.04. The van der Waals surface area contributed by atoms with E-state index < -0.39 is 0 Å². The molecule has 2 nitrogen and oxygen atoms in total. The van der Waals surface area contributed by atoms with Gasteiger partial charge in [-0.05, 0) is 50.3 Å². The number of hydrogen-bond donors (Lipinski definition) is 1. The highest BCUT2D eigenvalue weighted by Crippen LogP contribution is 2.31. The van der Waals surface area contributed by atoms with Crippen LogP contribution in [0.1, 0.15) is 36.1 Å². The van der Waals surface area contributed by atoms with Crippen LogP contribution < -0.4 is 10.1 Å². The summed E-state index contributed by atoms with van der Waals surface area (Å²) in [5, 5.41) is 3.41. The largest absolute Gasteiger partial charge is 0.496 e. The van der Waals surface area contributed by atoms with Gasteiger partial charge >= 0.3 is 0 Å². The van der Waals surface area contributed by atoms with Gasteiger partial charge in [0.05, 0.1) is 7.11 Å². The minimum atomic E-state index is 0.358. The fourth-order valence-corrected chi connectivity index (χ4v) is 3.24. The molecule has 0 aliphatic rings.